The van der Waals surface area contributed by atoms with Crippen molar-refractivity contribution >= 4 is 0 Å². The summed E-state index contributed by atoms with van der Waals surface area (Å²) in [5.41, 5.74) is 8.81. The fourth-order valence-corrected chi connectivity index (χ4v) is 2.12. The zero-order chi connectivity index (χ0) is 11.8. The molecule has 0 saturated heterocycles. The summed E-state index contributed by atoms with van der Waals surface area (Å²) in [5.74, 6) is 0. The third-order valence-electron chi connectivity index (χ3n) is 3.51. The van der Waals surface area contributed by atoms with Crippen LogP contribution in [0.15, 0.2) is 24.3 Å². The third-order valence-corrected chi connectivity index (χ3v) is 3.51. The molecular formula is C14H21NO. The quantitative estimate of drug-likeness (QED) is 0.844. The van der Waals surface area contributed by atoms with Crippen molar-refractivity contribution in [2.24, 2.45) is 5.73 Å². The fourth-order valence-electron chi connectivity index (χ4n) is 2.12. The van der Waals surface area contributed by atoms with E-state index in [0.29, 0.717) is 0 Å². The summed E-state index contributed by atoms with van der Waals surface area (Å²) in [7, 11) is 1.75. The number of methoxy groups -OCH3 is 1. The molecule has 0 amide bonds. The first-order valence-electron chi connectivity index (χ1n) is 5.87. The van der Waals surface area contributed by atoms with E-state index in [9.17, 15) is 0 Å². The molecule has 2 rings (SSSR count). The molecule has 0 unspecified atom stereocenters. The van der Waals surface area contributed by atoms with E-state index < -0.39 is 0 Å². The molecule has 1 fully saturated rings. The second-order valence-electron chi connectivity index (χ2n) is 5.55. The van der Waals surface area contributed by atoms with Crippen LogP contribution in [0.4, 0.5) is 0 Å². The summed E-state index contributed by atoms with van der Waals surface area (Å²) in [4.78, 5) is 0. The van der Waals surface area contributed by atoms with Crippen molar-refractivity contribution in [1.29, 1.82) is 0 Å². The van der Waals surface area contributed by atoms with Gasteiger partial charge in [0.05, 0.1) is 6.61 Å². The Kier molecular flexibility index (Phi) is 2.81. The Hall–Kier alpha value is -0.860. The van der Waals surface area contributed by atoms with Crippen LogP contribution >= 0.6 is 0 Å². The normalized spacial score (nSPS) is 18.5. The van der Waals surface area contributed by atoms with Gasteiger partial charge >= 0.3 is 0 Å². The van der Waals surface area contributed by atoms with Crippen LogP contribution in [-0.4, -0.2) is 13.7 Å². The average Bonchev–Trinajstić information content (AvgIpc) is 2.98. The van der Waals surface area contributed by atoms with E-state index in [1.165, 1.54) is 11.1 Å². The van der Waals surface area contributed by atoms with Crippen molar-refractivity contribution in [1.82, 2.24) is 0 Å². The van der Waals surface area contributed by atoms with Crippen molar-refractivity contribution in [2.45, 2.75) is 37.6 Å². The smallest absolute Gasteiger partial charge is 0.0553 e. The molecule has 88 valence electrons. The molecule has 0 spiro atoms. The van der Waals surface area contributed by atoms with Crippen molar-refractivity contribution in [2.75, 3.05) is 13.7 Å². The molecule has 0 radical (unpaired) electrons. The van der Waals surface area contributed by atoms with Crippen LogP contribution < -0.4 is 5.73 Å². The van der Waals surface area contributed by atoms with Crippen LogP contribution in [0.2, 0.25) is 0 Å². The lowest BCUT2D eigenvalue weighted by Gasteiger charge is -2.25. The molecule has 1 aliphatic rings. The zero-order valence-electron chi connectivity index (χ0n) is 10.4. The van der Waals surface area contributed by atoms with Crippen molar-refractivity contribution < 1.29 is 4.74 Å². The first-order chi connectivity index (χ1) is 7.48. The van der Waals surface area contributed by atoms with Crippen LogP contribution in [-0.2, 0) is 15.7 Å². The maximum absolute atomic E-state index is 6.22. The van der Waals surface area contributed by atoms with Crippen LogP contribution in [0.1, 0.15) is 37.8 Å². The van der Waals surface area contributed by atoms with Gasteiger partial charge < -0.3 is 10.5 Å². The number of ether oxygens (including phenoxy) is 1. The minimum Gasteiger partial charge on any atom is -0.384 e. The minimum absolute atomic E-state index is 0.0425. The molecule has 0 atom stereocenters. The van der Waals surface area contributed by atoms with Gasteiger partial charge in [-0.3, -0.25) is 0 Å². The molecule has 0 bridgehead atoms. The van der Waals surface area contributed by atoms with E-state index >= 15 is 0 Å². The monoisotopic (exact) mass is 219 g/mol. The van der Waals surface area contributed by atoms with E-state index in [0.717, 1.165) is 19.4 Å². The summed E-state index contributed by atoms with van der Waals surface area (Å²) >= 11 is 0. The van der Waals surface area contributed by atoms with Crippen molar-refractivity contribution in [3.05, 3.63) is 35.4 Å². The van der Waals surface area contributed by atoms with E-state index in [1.54, 1.807) is 7.11 Å². The number of rotatable bonds is 4. The molecule has 0 heterocycles. The third kappa shape index (κ3) is 2.13. The predicted molar refractivity (Wildman–Crippen MR) is 66.4 cm³/mol. The van der Waals surface area contributed by atoms with Gasteiger partial charge in [0.2, 0.25) is 0 Å². The molecule has 1 aromatic carbocycles. The highest BCUT2D eigenvalue weighted by molar-refractivity contribution is 5.36. The Balaban J connectivity index is 2.28. The molecule has 0 aliphatic heterocycles. The van der Waals surface area contributed by atoms with Crippen LogP contribution in [0.5, 0.6) is 0 Å². The average molecular weight is 219 g/mol. The lowest BCUT2D eigenvalue weighted by Crippen LogP contribution is -2.25. The number of hydrogen-bond acceptors (Lipinski definition) is 2. The molecule has 2 N–H and O–H groups in total. The predicted octanol–water partition coefficient (Wildman–Crippen LogP) is 2.56. The summed E-state index contributed by atoms with van der Waals surface area (Å²) < 4.78 is 5.27. The van der Waals surface area contributed by atoms with Gasteiger partial charge in [0.15, 0.2) is 0 Å². The van der Waals surface area contributed by atoms with Crippen molar-refractivity contribution in [3.63, 3.8) is 0 Å². The Morgan fingerprint density at radius 3 is 2.62 bits per heavy atom. The van der Waals surface area contributed by atoms with E-state index in [1.807, 2.05) is 0 Å². The van der Waals surface area contributed by atoms with E-state index in [2.05, 4.69) is 38.1 Å². The van der Waals surface area contributed by atoms with Gasteiger partial charge in [0.25, 0.3) is 0 Å². The van der Waals surface area contributed by atoms with Gasteiger partial charge in [-0.15, -0.1) is 0 Å². The number of nitrogens with two attached hydrogens (primary N) is 1. The molecular weight excluding hydrogens is 198 g/mol. The lowest BCUT2D eigenvalue weighted by atomic mass is 9.84. The number of hydrogen-bond donors (Lipinski definition) is 1. The maximum atomic E-state index is 6.22. The summed E-state index contributed by atoms with van der Waals surface area (Å²) in [6.07, 6.45) is 2.22. The second-order valence-corrected chi connectivity index (χ2v) is 5.55. The summed E-state index contributed by atoms with van der Waals surface area (Å²) in [5, 5.41) is 0. The van der Waals surface area contributed by atoms with Gasteiger partial charge in [-0.25, -0.2) is 0 Å². The topological polar surface area (TPSA) is 35.2 Å². The number of benzene rings is 1. The standard InChI is InChI=1S/C14H21NO/c1-13(2,10-16-3)11-5-4-6-12(9-11)14(15)7-8-14/h4-6,9H,7-8,10,15H2,1-3H3. The minimum atomic E-state index is -0.0425. The highest BCUT2D eigenvalue weighted by atomic mass is 16.5. The molecule has 16 heavy (non-hydrogen) atoms. The fraction of sp³-hybridized carbons (Fsp3) is 0.571. The maximum Gasteiger partial charge on any atom is 0.0553 e. The van der Waals surface area contributed by atoms with E-state index in [4.69, 9.17) is 10.5 Å². The van der Waals surface area contributed by atoms with E-state index in [-0.39, 0.29) is 11.0 Å². The summed E-state index contributed by atoms with van der Waals surface area (Å²) in [6.45, 7) is 5.13. The van der Waals surface area contributed by atoms with Crippen LogP contribution in [0, 0.1) is 0 Å². The molecule has 1 saturated carbocycles. The van der Waals surface area contributed by atoms with Gasteiger partial charge in [-0.05, 0) is 24.0 Å². The largest absolute Gasteiger partial charge is 0.384 e. The molecule has 1 aliphatic carbocycles. The van der Waals surface area contributed by atoms with Gasteiger partial charge in [0, 0.05) is 18.1 Å². The van der Waals surface area contributed by atoms with Crippen LogP contribution in [0.3, 0.4) is 0 Å². The van der Waals surface area contributed by atoms with Gasteiger partial charge in [-0.2, -0.15) is 0 Å². The Labute approximate surface area is 97.8 Å². The first-order valence-corrected chi connectivity index (χ1v) is 5.87. The van der Waals surface area contributed by atoms with Crippen molar-refractivity contribution in [3.8, 4) is 0 Å². The lowest BCUT2D eigenvalue weighted by molar-refractivity contribution is 0.146. The molecule has 1 aromatic rings. The summed E-state index contributed by atoms with van der Waals surface area (Å²) in [6, 6.07) is 8.65. The highest BCUT2D eigenvalue weighted by Gasteiger charge is 2.40. The Morgan fingerprint density at radius 2 is 2.06 bits per heavy atom. The first kappa shape index (κ1) is 11.6. The highest BCUT2D eigenvalue weighted by Crippen LogP contribution is 2.43. The molecule has 2 heteroatoms. The van der Waals surface area contributed by atoms with Crippen LogP contribution in [0.25, 0.3) is 0 Å². The Morgan fingerprint density at radius 1 is 1.38 bits per heavy atom. The zero-order valence-corrected chi connectivity index (χ0v) is 10.4. The van der Waals surface area contributed by atoms with Gasteiger partial charge in [0.1, 0.15) is 0 Å². The second kappa shape index (κ2) is 3.86. The Bertz CT molecular complexity index is 380. The van der Waals surface area contributed by atoms with Gasteiger partial charge in [-0.1, -0.05) is 38.1 Å². The molecule has 2 nitrogen and oxygen atoms in total. The SMILES string of the molecule is COCC(C)(C)c1cccc(C2(N)CC2)c1. The molecule has 0 aromatic heterocycles.